The van der Waals surface area contributed by atoms with Gasteiger partial charge in [-0.25, -0.2) is 0 Å². The lowest BCUT2D eigenvalue weighted by atomic mass is 10.1. The number of carbonyl (C=O) groups is 4. The third-order valence-electron chi connectivity index (χ3n) is 12.0. The molecule has 0 saturated carbocycles. The Labute approximate surface area is 543 Å². The Kier molecular flexibility index (Phi) is 83.9. The molecule has 5 heterocycles. The highest BCUT2D eigenvalue weighted by molar-refractivity contribution is 5.69. The first kappa shape index (κ1) is 98.2. The summed E-state index contributed by atoms with van der Waals surface area (Å²) >= 11 is 0. The summed E-state index contributed by atoms with van der Waals surface area (Å²) in [5.74, 6) is -0.387. The van der Waals surface area contributed by atoms with Gasteiger partial charge in [-0.2, -0.15) is 0 Å². The predicted molar refractivity (Wildman–Crippen MR) is 341 cm³/mol. The summed E-state index contributed by atoms with van der Waals surface area (Å²) in [6.07, 6.45) is 11.2. The maximum absolute atomic E-state index is 11.0. The molecule has 5 unspecified atom stereocenters. The zero-order valence-electron chi connectivity index (χ0n) is 59.3. The Morgan fingerprint density at radius 2 is 0.978 bits per heavy atom. The van der Waals surface area contributed by atoms with Gasteiger partial charge in [-0.1, -0.05) is 76.2 Å². The average molecular weight is 1320 g/mol. The van der Waals surface area contributed by atoms with Crippen molar-refractivity contribution in [2.24, 2.45) is 11.8 Å². The summed E-state index contributed by atoms with van der Waals surface area (Å²) < 4.78 is 89.6. The monoisotopic (exact) mass is 1320 g/mol. The Morgan fingerprint density at radius 3 is 1.22 bits per heavy atom. The molecule has 5 saturated heterocycles. The highest BCUT2D eigenvalue weighted by Crippen LogP contribution is 2.12. The van der Waals surface area contributed by atoms with Gasteiger partial charge in [0.1, 0.15) is 38.5 Å². The molecule has 5 aliphatic heterocycles. The Balaban J connectivity index is -0.000000217. The van der Waals surface area contributed by atoms with Crippen molar-refractivity contribution in [3.05, 3.63) is 0 Å². The van der Waals surface area contributed by atoms with Crippen LogP contribution in [-0.4, -0.2) is 248 Å². The van der Waals surface area contributed by atoms with E-state index in [0.29, 0.717) is 58.1 Å². The number of aliphatic hydroxyl groups is 4. The molecular formula is C64H132O26. The van der Waals surface area contributed by atoms with Crippen LogP contribution in [0.1, 0.15) is 180 Å². The number of rotatable bonds is 25. The van der Waals surface area contributed by atoms with E-state index in [1.165, 1.54) is 20.8 Å². The van der Waals surface area contributed by atoms with Gasteiger partial charge in [0.25, 0.3) is 0 Å². The lowest BCUT2D eigenvalue weighted by Crippen LogP contribution is -2.25. The van der Waals surface area contributed by atoms with E-state index in [9.17, 15) is 19.2 Å². The van der Waals surface area contributed by atoms with Gasteiger partial charge in [-0.15, -0.1) is 0 Å². The van der Waals surface area contributed by atoms with Crippen molar-refractivity contribution in [1.29, 1.82) is 0 Å². The second-order valence-corrected chi connectivity index (χ2v) is 20.5. The molecule has 0 bridgehead atoms. The molecule has 0 aromatic carbocycles. The largest absolute Gasteiger partial charge is 0.462 e. The lowest BCUT2D eigenvalue weighted by Gasteiger charge is -2.21. The van der Waals surface area contributed by atoms with E-state index in [0.717, 1.165) is 124 Å². The Morgan fingerprint density at radius 1 is 0.511 bits per heavy atom. The standard InChI is InChI=1S/C9H16O3.C8H14O4.C7H14O3.C6H12O2.C6H14O2.3C5H10O2.C5H12O2.2C4H10O2/c1-2-3-9(10)12-8-4-6-11-7-5-8;1-4-8(12-7(3)10)5-11-6(2)9;1-4-7(5-9-3)10-6(2)8;1-2-6-7-4-3-5-8-6;1-4-6(8-3)5-7-2;1-5-2-6-4-7-3-5;1-2-5-3-6-4-7-5;1-2-5-6-3-4-7-5;1-4-5(6-2)7-3;1-4(2-5)3-6;1-2-4(6)3-5/h8H,2-7H2,1H3;8H,4-5H2,1-3H3;7H,4-5H2,1-3H3;6H,2-5H2,1H3;6H,4-5H2,1-3H3;3*5H,2-4H2,1H3;5H,4H2,1-3H3;2*4-6H,2-3H2,1H3. The fourth-order valence-corrected chi connectivity index (χ4v) is 6.36. The average Bonchev–Trinajstić information content (AvgIpc) is 4.43. The fraction of sp³-hybridized carbons (Fsp3) is 0.938. The topological polar surface area (TPSA) is 315 Å². The molecule has 0 aliphatic carbocycles. The van der Waals surface area contributed by atoms with E-state index in [2.05, 4.69) is 39.4 Å². The first-order chi connectivity index (χ1) is 43.1. The van der Waals surface area contributed by atoms with Crippen molar-refractivity contribution in [3.63, 3.8) is 0 Å². The SMILES string of the molecule is CC(CO)CO.CC1COCOC1.CCC(COC(C)=O)OC(C)=O.CCC(COC)OC.CCC(COC)OC(C)=O.CCC(O)CO.CCC(OC)OC.CCC1COCO1.CCC1OCCCO1.CCC1OCCO1.CCCC(=O)OC1CCOCC1. The van der Waals surface area contributed by atoms with Gasteiger partial charge in [0.15, 0.2) is 18.9 Å². The minimum absolute atomic E-state index is 0.0139. The zero-order valence-corrected chi connectivity index (χ0v) is 59.3. The molecule has 26 heteroatoms. The number of hydrogen-bond acceptors (Lipinski definition) is 26. The molecule has 0 radical (unpaired) electrons. The molecule has 26 nitrogen and oxygen atoms in total. The summed E-state index contributed by atoms with van der Waals surface area (Å²) in [6, 6.07) is 0. The first-order valence-corrected chi connectivity index (χ1v) is 32.2. The summed E-state index contributed by atoms with van der Waals surface area (Å²) in [4.78, 5) is 42.3. The number of carbonyl (C=O) groups excluding carboxylic acids is 4. The molecule has 0 spiro atoms. The van der Waals surface area contributed by atoms with Gasteiger partial charge < -0.3 is 106 Å². The molecule has 90 heavy (non-hydrogen) atoms. The molecule has 0 aromatic heterocycles. The molecule has 5 aliphatic rings. The minimum Gasteiger partial charge on any atom is -0.462 e. The van der Waals surface area contributed by atoms with Gasteiger partial charge in [0.05, 0.1) is 97.6 Å². The van der Waals surface area contributed by atoms with Crippen molar-refractivity contribution >= 4 is 23.9 Å². The summed E-state index contributed by atoms with van der Waals surface area (Å²) in [6.45, 7) is 35.5. The van der Waals surface area contributed by atoms with Crippen molar-refractivity contribution < 1.29 is 125 Å². The van der Waals surface area contributed by atoms with Crippen molar-refractivity contribution in [2.45, 2.75) is 236 Å². The van der Waals surface area contributed by atoms with Crippen LogP contribution in [0.25, 0.3) is 0 Å². The van der Waals surface area contributed by atoms with Crippen LogP contribution < -0.4 is 0 Å². The third kappa shape index (κ3) is 75.9. The van der Waals surface area contributed by atoms with Crippen molar-refractivity contribution in [2.75, 3.05) is 148 Å². The van der Waals surface area contributed by atoms with Gasteiger partial charge in [-0.05, 0) is 64.2 Å². The normalized spacial score (nSPS) is 17.5. The van der Waals surface area contributed by atoms with Crippen LogP contribution in [0.15, 0.2) is 0 Å². The third-order valence-corrected chi connectivity index (χ3v) is 12.0. The molecular weight excluding hydrogens is 1180 g/mol. The maximum Gasteiger partial charge on any atom is 0.306 e. The molecule has 0 aromatic rings. The predicted octanol–water partition coefficient (Wildman–Crippen LogP) is 8.13. The molecule has 544 valence electrons. The van der Waals surface area contributed by atoms with Crippen LogP contribution in [0, 0.1) is 11.8 Å². The highest BCUT2D eigenvalue weighted by Gasteiger charge is 2.18. The highest BCUT2D eigenvalue weighted by atomic mass is 16.7. The van der Waals surface area contributed by atoms with Gasteiger partial charge >= 0.3 is 23.9 Å². The van der Waals surface area contributed by atoms with Crippen LogP contribution in [-0.2, 0) is 104 Å². The Bertz CT molecular complexity index is 1380. The van der Waals surface area contributed by atoms with Crippen molar-refractivity contribution in [1.82, 2.24) is 0 Å². The van der Waals surface area contributed by atoms with Gasteiger partial charge in [0, 0.05) is 101 Å². The molecule has 5 atom stereocenters. The second kappa shape index (κ2) is 76.9. The number of methoxy groups -OCH3 is 5. The smallest absolute Gasteiger partial charge is 0.306 e. The molecule has 5 fully saturated rings. The summed E-state index contributed by atoms with van der Waals surface area (Å²) in [7, 11) is 8.25. The number of ether oxygens (including phenoxy) is 18. The minimum atomic E-state index is -0.509. The van der Waals surface area contributed by atoms with Crippen LogP contribution in [0.2, 0.25) is 0 Å². The maximum atomic E-state index is 11.0. The quantitative estimate of drug-likeness (QED) is 0.0381. The zero-order chi connectivity index (χ0) is 69.6. The number of esters is 4. The van der Waals surface area contributed by atoms with E-state index in [1.807, 2.05) is 34.6 Å². The summed E-state index contributed by atoms with van der Waals surface area (Å²) in [5.41, 5.74) is 0. The second-order valence-electron chi connectivity index (χ2n) is 20.5. The molecule has 0 amide bonds. The van der Waals surface area contributed by atoms with E-state index >= 15 is 0 Å². The van der Waals surface area contributed by atoms with Gasteiger partial charge in [0.2, 0.25) is 0 Å². The van der Waals surface area contributed by atoms with Crippen LogP contribution >= 0.6 is 0 Å². The molecule has 5 rings (SSSR count). The lowest BCUT2D eigenvalue weighted by molar-refractivity contribution is -0.178. The fourth-order valence-electron chi connectivity index (χ4n) is 6.36. The van der Waals surface area contributed by atoms with E-state index in [-0.39, 0.29) is 99.5 Å². The number of aliphatic hydroxyl groups excluding tert-OH is 4. The van der Waals surface area contributed by atoms with Crippen LogP contribution in [0.3, 0.4) is 0 Å². The van der Waals surface area contributed by atoms with Gasteiger partial charge in [-0.3, -0.25) is 19.2 Å². The first-order valence-electron chi connectivity index (χ1n) is 32.2. The number of hydrogen-bond donors (Lipinski definition) is 4. The van der Waals surface area contributed by atoms with Crippen LogP contribution in [0.5, 0.6) is 0 Å². The van der Waals surface area contributed by atoms with E-state index in [1.54, 1.807) is 42.5 Å². The van der Waals surface area contributed by atoms with E-state index < -0.39 is 6.10 Å². The van der Waals surface area contributed by atoms with Crippen LogP contribution in [0.4, 0.5) is 0 Å². The molecule has 4 N–H and O–H groups in total. The Hall–Kier alpha value is -2.84. The van der Waals surface area contributed by atoms with E-state index in [4.69, 9.17) is 101 Å². The summed E-state index contributed by atoms with van der Waals surface area (Å²) in [5, 5.41) is 32.9. The van der Waals surface area contributed by atoms with Crippen molar-refractivity contribution in [3.8, 4) is 0 Å².